The Morgan fingerprint density at radius 2 is 2.17 bits per heavy atom. The summed E-state index contributed by atoms with van der Waals surface area (Å²) < 4.78 is 5.21. The molecule has 0 aliphatic heterocycles. The highest BCUT2D eigenvalue weighted by atomic mass is 16.5. The predicted octanol–water partition coefficient (Wildman–Crippen LogP) is 2.04. The van der Waals surface area contributed by atoms with Crippen LogP contribution < -0.4 is 5.32 Å². The second kappa shape index (κ2) is 6.36. The summed E-state index contributed by atoms with van der Waals surface area (Å²) in [5.41, 5.74) is 2.12. The largest absolute Gasteiger partial charge is 0.390 e. The number of carbonyl (C=O) groups is 1. The lowest BCUT2D eigenvalue weighted by Crippen LogP contribution is -2.33. The molecule has 1 aromatic carbocycles. The third-order valence-corrected chi connectivity index (χ3v) is 4.74. The van der Waals surface area contributed by atoms with Crippen molar-refractivity contribution >= 4 is 5.91 Å². The van der Waals surface area contributed by atoms with Gasteiger partial charge in [0.05, 0.1) is 12.1 Å². The highest BCUT2D eigenvalue weighted by molar-refractivity contribution is 5.76. The summed E-state index contributed by atoms with van der Waals surface area (Å²) >= 11 is 0. The van der Waals surface area contributed by atoms with Gasteiger partial charge in [0.1, 0.15) is 0 Å². The van der Waals surface area contributed by atoms with E-state index in [1.807, 2.05) is 24.3 Å². The van der Waals surface area contributed by atoms with E-state index in [0.717, 1.165) is 29.8 Å². The van der Waals surface area contributed by atoms with Crippen molar-refractivity contribution < 1.29 is 14.4 Å². The molecule has 1 saturated carbocycles. The summed E-state index contributed by atoms with van der Waals surface area (Å²) in [7, 11) is 0. The van der Waals surface area contributed by atoms with E-state index >= 15 is 0 Å². The Balaban J connectivity index is 1.27. The number of fused-ring (bicyclic) bond motifs is 1. The Morgan fingerprint density at radius 3 is 3.00 bits per heavy atom. The number of aromatic nitrogens is 2. The third-order valence-electron chi connectivity index (χ3n) is 4.74. The number of aliphatic hydroxyl groups excluding tert-OH is 1. The Hall–Kier alpha value is -2.21. The van der Waals surface area contributed by atoms with Crippen LogP contribution in [0.1, 0.15) is 60.5 Å². The average Bonchev–Trinajstić information content (AvgIpc) is 3.24. The third kappa shape index (κ3) is 3.19. The van der Waals surface area contributed by atoms with Gasteiger partial charge in [-0.2, -0.15) is 4.98 Å². The molecule has 126 valence electrons. The van der Waals surface area contributed by atoms with Crippen molar-refractivity contribution in [2.24, 2.45) is 0 Å². The SMILES string of the molecule is O=C(CCCc1nc(C2CC2)no1)NC1c2ccccc2CC1O. The molecule has 1 aromatic heterocycles. The minimum absolute atomic E-state index is 0.0577. The minimum Gasteiger partial charge on any atom is -0.390 e. The number of aliphatic hydroxyl groups is 1. The molecule has 2 aromatic rings. The highest BCUT2D eigenvalue weighted by Gasteiger charge is 2.32. The van der Waals surface area contributed by atoms with Crippen LogP contribution >= 0.6 is 0 Å². The number of aryl methyl sites for hydroxylation is 1. The maximum Gasteiger partial charge on any atom is 0.226 e. The smallest absolute Gasteiger partial charge is 0.226 e. The zero-order valence-corrected chi connectivity index (χ0v) is 13.4. The predicted molar refractivity (Wildman–Crippen MR) is 86.2 cm³/mol. The maximum atomic E-state index is 12.2. The zero-order chi connectivity index (χ0) is 16.5. The molecule has 2 aliphatic rings. The number of hydrogen-bond acceptors (Lipinski definition) is 5. The Kier molecular flexibility index (Phi) is 4.06. The van der Waals surface area contributed by atoms with Crippen LogP contribution in [0.4, 0.5) is 0 Å². The van der Waals surface area contributed by atoms with Crippen LogP contribution in [0.15, 0.2) is 28.8 Å². The van der Waals surface area contributed by atoms with E-state index in [0.29, 0.717) is 37.5 Å². The van der Waals surface area contributed by atoms with Gasteiger partial charge < -0.3 is 14.9 Å². The first-order valence-electron chi connectivity index (χ1n) is 8.58. The van der Waals surface area contributed by atoms with Gasteiger partial charge in [-0.25, -0.2) is 0 Å². The van der Waals surface area contributed by atoms with Crippen molar-refractivity contribution in [3.05, 3.63) is 47.1 Å². The number of carbonyl (C=O) groups excluding carboxylic acids is 1. The molecular weight excluding hydrogens is 306 g/mol. The van der Waals surface area contributed by atoms with E-state index < -0.39 is 6.10 Å². The average molecular weight is 327 g/mol. The van der Waals surface area contributed by atoms with Gasteiger partial charge >= 0.3 is 0 Å². The number of nitrogens with zero attached hydrogens (tertiary/aromatic N) is 2. The molecule has 0 spiro atoms. The first kappa shape index (κ1) is 15.3. The summed E-state index contributed by atoms with van der Waals surface area (Å²) in [5.74, 6) is 1.84. The molecule has 2 unspecified atom stereocenters. The van der Waals surface area contributed by atoms with E-state index in [1.165, 1.54) is 0 Å². The highest BCUT2D eigenvalue weighted by Crippen LogP contribution is 2.38. The van der Waals surface area contributed by atoms with Crippen LogP contribution in [-0.2, 0) is 17.6 Å². The van der Waals surface area contributed by atoms with Gasteiger partial charge in [-0.05, 0) is 30.4 Å². The van der Waals surface area contributed by atoms with E-state index in [9.17, 15) is 9.90 Å². The molecule has 2 atom stereocenters. The van der Waals surface area contributed by atoms with Crippen molar-refractivity contribution in [1.29, 1.82) is 0 Å². The Labute approximate surface area is 140 Å². The monoisotopic (exact) mass is 327 g/mol. The van der Waals surface area contributed by atoms with Gasteiger partial charge in [0.25, 0.3) is 0 Å². The number of benzene rings is 1. The molecule has 0 bridgehead atoms. The summed E-state index contributed by atoms with van der Waals surface area (Å²) in [6.07, 6.45) is 3.97. The molecule has 4 rings (SSSR count). The summed E-state index contributed by atoms with van der Waals surface area (Å²) in [6, 6.07) is 7.55. The molecule has 2 N–H and O–H groups in total. The molecule has 24 heavy (non-hydrogen) atoms. The molecular formula is C18H21N3O3. The Morgan fingerprint density at radius 1 is 1.33 bits per heavy atom. The van der Waals surface area contributed by atoms with Gasteiger partial charge in [-0.1, -0.05) is 29.4 Å². The van der Waals surface area contributed by atoms with Crippen LogP contribution in [0.5, 0.6) is 0 Å². The lowest BCUT2D eigenvalue weighted by atomic mass is 10.1. The van der Waals surface area contributed by atoms with Crippen LogP contribution in [0.3, 0.4) is 0 Å². The minimum atomic E-state index is -0.552. The fraction of sp³-hybridized carbons (Fsp3) is 0.500. The molecule has 6 heteroatoms. The number of rotatable bonds is 6. The molecule has 1 amide bonds. The molecule has 2 aliphatic carbocycles. The maximum absolute atomic E-state index is 12.2. The van der Waals surface area contributed by atoms with E-state index in [-0.39, 0.29) is 11.9 Å². The van der Waals surface area contributed by atoms with Gasteiger partial charge in [0.15, 0.2) is 5.82 Å². The first-order chi connectivity index (χ1) is 11.7. The number of hydrogen-bond donors (Lipinski definition) is 2. The topological polar surface area (TPSA) is 88.2 Å². The molecule has 1 fully saturated rings. The van der Waals surface area contributed by atoms with Gasteiger partial charge in [-0.3, -0.25) is 4.79 Å². The van der Waals surface area contributed by atoms with Crippen LogP contribution in [-0.4, -0.2) is 27.3 Å². The molecule has 0 saturated heterocycles. The molecule has 1 heterocycles. The van der Waals surface area contributed by atoms with Crippen molar-refractivity contribution in [2.45, 2.75) is 56.6 Å². The van der Waals surface area contributed by atoms with Crippen LogP contribution in [0, 0.1) is 0 Å². The van der Waals surface area contributed by atoms with E-state index in [2.05, 4.69) is 15.5 Å². The fourth-order valence-corrected chi connectivity index (χ4v) is 3.27. The lowest BCUT2D eigenvalue weighted by Gasteiger charge is -2.17. The van der Waals surface area contributed by atoms with E-state index in [4.69, 9.17) is 4.52 Å². The Bertz CT molecular complexity index is 739. The van der Waals surface area contributed by atoms with Crippen molar-refractivity contribution in [3.63, 3.8) is 0 Å². The zero-order valence-electron chi connectivity index (χ0n) is 13.4. The summed E-state index contributed by atoms with van der Waals surface area (Å²) in [4.78, 5) is 16.5. The second-order valence-corrected chi connectivity index (χ2v) is 6.69. The summed E-state index contributed by atoms with van der Waals surface area (Å²) in [5, 5.41) is 17.1. The first-order valence-corrected chi connectivity index (χ1v) is 8.58. The number of nitrogens with one attached hydrogen (secondary N) is 1. The van der Waals surface area contributed by atoms with Crippen LogP contribution in [0.25, 0.3) is 0 Å². The second-order valence-electron chi connectivity index (χ2n) is 6.69. The normalized spacial score (nSPS) is 22.4. The number of amides is 1. The van der Waals surface area contributed by atoms with Crippen molar-refractivity contribution in [2.75, 3.05) is 0 Å². The van der Waals surface area contributed by atoms with Crippen molar-refractivity contribution in [1.82, 2.24) is 15.5 Å². The standard InChI is InChI=1S/C18H21N3O3/c22-14-10-12-4-1-2-5-13(12)17(14)19-15(23)6-3-7-16-20-18(21-24-16)11-8-9-11/h1-2,4-5,11,14,17,22H,3,6-10H2,(H,19,23). The van der Waals surface area contributed by atoms with Gasteiger partial charge in [0, 0.05) is 25.2 Å². The van der Waals surface area contributed by atoms with Gasteiger partial charge in [-0.15, -0.1) is 0 Å². The van der Waals surface area contributed by atoms with E-state index in [1.54, 1.807) is 0 Å². The summed E-state index contributed by atoms with van der Waals surface area (Å²) in [6.45, 7) is 0. The van der Waals surface area contributed by atoms with Crippen LogP contribution in [0.2, 0.25) is 0 Å². The quantitative estimate of drug-likeness (QED) is 0.848. The molecule has 0 radical (unpaired) electrons. The van der Waals surface area contributed by atoms with Gasteiger partial charge in [0.2, 0.25) is 11.8 Å². The molecule has 6 nitrogen and oxygen atoms in total. The fourth-order valence-electron chi connectivity index (χ4n) is 3.27. The van der Waals surface area contributed by atoms with Crippen molar-refractivity contribution in [3.8, 4) is 0 Å². The lowest BCUT2D eigenvalue weighted by molar-refractivity contribution is -0.122.